The van der Waals surface area contributed by atoms with Crippen molar-refractivity contribution >= 4 is 29.4 Å². The second-order valence-corrected chi connectivity index (χ2v) is 8.93. The summed E-state index contributed by atoms with van der Waals surface area (Å²) in [4.78, 5) is 42.8. The van der Waals surface area contributed by atoms with Crippen molar-refractivity contribution in [3.05, 3.63) is 23.8 Å². The van der Waals surface area contributed by atoms with Gasteiger partial charge in [-0.25, -0.2) is 23.8 Å². The van der Waals surface area contributed by atoms with Crippen LogP contribution in [-0.4, -0.2) is 111 Å². The number of hydrogen-bond donors (Lipinski definition) is 2. The Morgan fingerprint density at radius 3 is 2.43 bits per heavy atom. The van der Waals surface area contributed by atoms with E-state index < -0.39 is 23.8 Å². The Balaban J connectivity index is 1.41. The first-order valence-corrected chi connectivity index (χ1v) is 11.7. The topological polar surface area (TPSA) is 101 Å². The Morgan fingerprint density at radius 1 is 1.09 bits per heavy atom. The number of carbonyl (C=O) groups excluding carboxylic acids is 3. The molecule has 3 heterocycles. The van der Waals surface area contributed by atoms with Crippen LogP contribution in [0.5, 0.6) is 0 Å². The summed E-state index contributed by atoms with van der Waals surface area (Å²) in [5.41, 5.74) is 2.90. The number of anilines is 2. The molecule has 13 heteroatoms. The predicted octanol–water partition coefficient (Wildman–Crippen LogP) is 0.420. The molecule has 3 saturated heterocycles. The highest BCUT2D eigenvalue weighted by Gasteiger charge is 2.34. The molecule has 4 rings (SSSR count). The van der Waals surface area contributed by atoms with Crippen molar-refractivity contribution in [3.8, 4) is 0 Å². The summed E-state index contributed by atoms with van der Waals surface area (Å²) in [5, 5.41) is 4.06. The van der Waals surface area contributed by atoms with Crippen LogP contribution in [-0.2, 0) is 9.53 Å². The molecule has 2 N–H and O–H groups in total. The van der Waals surface area contributed by atoms with Crippen molar-refractivity contribution in [1.82, 2.24) is 25.6 Å². The van der Waals surface area contributed by atoms with Crippen LogP contribution < -0.4 is 20.5 Å². The van der Waals surface area contributed by atoms with E-state index in [9.17, 15) is 14.4 Å². The second kappa shape index (κ2) is 10.6. The zero-order chi connectivity index (χ0) is 25.1. The predicted molar refractivity (Wildman–Crippen MR) is 124 cm³/mol. The highest BCUT2D eigenvalue weighted by molar-refractivity contribution is 5.90. The first kappa shape index (κ1) is 24.9. The summed E-state index contributed by atoms with van der Waals surface area (Å²) in [5.74, 6) is -1.88. The van der Waals surface area contributed by atoms with Crippen LogP contribution in [0.25, 0.3) is 0 Å². The third kappa shape index (κ3) is 5.73. The van der Waals surface area contributed by atoms with Crippen LogP contribution in [0.1, 0.15) is 6.92 Å². The number of rotatable bonds is 4. The van der Waals surface area contributed by atoms with Crippen LogP contribution in [0.4, 0.5) is 29.7 Å². The van der Waals surface area contributed by atoms with Gasteiger partial charge in [0.1, 0.15) is 11.8 Å². The first-order valence-electron chi connectivity index (χ1n) is 11.7. The quantitative estimate of drug-likeness (QED) is 0.625. The minimum absolute atomic E-state index is 0.0406. The molecule has 0 radical (unpaired) electrons. The van der Waals surface area contributed by atoms with Gasteiger partial charge in [-0.2, -0.15) is 0 Å². The molecule has 11 nitrogen and oxygen atoms in total. The summed E-state index contributed by atoms with van der Waals surface area (Å²) >= 11 is 0. The highest BCUT2D eigenvalue weighted by Crippen LogP contribution is 2.31. The number of carbonyl (C=O) groups is 3. The third-order valence-electron chi connectivity index (χ3n) is 6.36. The molecule has 1 aromatic rings. The number of nitrogens with zero attached hydrogens (tertiary/aromatic N) is 5. The minimum atomic E-state index is -0.808. The van der Waals surface area contributed by atoms with E-state index in [0.29, 0.717) is 26.2 Å². The number of hydrazine groups is 1. The van der Waals surface area contributed by atoms with Gasteiger partial charge in [-0.3, -0.25) is 14.7 Å². The van der Waals surface area contributed by atoms with Gasteiger partial charge in [-0.05, 0) is 7.05 Å². The van der Waals surface area contributed by atoms with Gasteiger partial charge >= 0.3 is 12.1 Å². The van der Waals surface area contributed by atoms with Crippen LogP contribution in [0.3, 0.4) is 0 Å². The SMILES string of the molecule is CC(=O)NCC1CN(c2cc(F)c(N3CCNN(C(=O)N4CCN(C)CC4)CC3)c(F)c2)C(=O)O1. The molecule has 1 aromatic carbocycles. The zero-order valence-electron chi connectivity index (χ0n) is 19.9. The van der Waals surface area contributed by atoms with Gasteiger partial charge in [-0.15, -0.1) is 0 Å². The van der Waals surface area contributed by atoms with Gasteiger partial charge < -0.3 is 24.8 Å². The van der Waals surface area contributed by atoms with Crippen LogP contribution in [0.2, 0.25) is 0 Å². The van der Waals surface area contributed by atoms with Gasteiger partial charge in [-0.1, -0.05) is 0 Å². The van der Waals surface area contributed by atoms with Crippen LogP contribution in [0, 0.1) is 11.6 Å². The Labute approximate surface area is 202 Å². The lowest BCUT2D eigenvalue weighted by molar-refractivity contribution is -0.119. The molecule has 3 fully saturated rings. The minimum Gasteiger partial charge on any atom is -0.442 e. The van der Waals surface area contributed by atoms with Gasteiger partial charge in [0, 0.05) is 64.9 Å². The van der Waals surface area contributed by atoms with Gasteiger partial charge in [0.2, 0.25) is 5.91 Å². The van der Waals surface area contributed by atoms with E-state index in [2.05, 4.69) is 15.6 Å². The van der Waals surface area contributed by atoms with Crippen molar-refractivity contribution < 1.29 is 27.9 Å². The van der Waals surface area contributed by atoms with Crippen LogP contribution in [0.15, 0.2) is 12.1 Å². The number of amides is 4. The summed E-state index contributed by atoms with van der Waals surface area (Å²) in [7, 11) is 2.01. The van der Waals surface area contributed by atoms with Crippen LogP contribution >= 0.6 is 0 Å². The maximum atomic E-state index is 15.1. The highest BCUT2D eigenvalue weighted by atomic mass is 19.1. The molecule has 3 aliphatic heterocycles. The average molecular weight is 496 g/mol. The number of nitrogens with one attached hydrogen (secondary N) is 2. The second-order valence-electron chi connectivity index (χ2n) is 8.93. The van der Waals surface area contributed by atoms with Crippen molar-refractivity contribution in [2.24, 2.45) is 0 Å². The number of urea groups is 1. The summed E-state index contributed by atoms with van der Waals surface area (Å²) in [6.45, 7) is 5.52. The van der Waals surface area contributed by atoms with Gasteiger partial charge in [0.15, 0.2) is 11.6 Å². The Kier molecular flexibility index (Phi) is 7.55. The molecule has 35 heavy (non-hydrogen) atoms. The Morgan fingerprint density at radius 2 is 1.77 bits per heavy atom. The maximum absolute atomic E-state index is 15.1. The number of benzene rings is 1. The molecular formula is C22H31F2N7O4. The number of likely N-dealkylation sites (N-methyl/N-ethyl adjacent to an activating group) is 1. The fourth-order valence-electron chi connectivity index (χ4n) is 4.39. The molecule has 1 unspecified atom stereocenters. The number of hydrogen-bond acceptors (Lipinski definition) is 7. The Bertz CT molecular complexity index is 950. The van der Waals surface area contributed by atoms with E-state index in [-0.39, 0.29) is 49.5 Å². The third-order valence-corrected chi connectivity index (χ3v) is 6.36. The largest absolute Gasteiger partial charge is 0.442 e. The van der Waals surface area contributed by atoms with E-state index in [1.165, 1.54) is 11.9 Å². The summed E-state index contributed by atoms with van der Waals surface area (Å²) in [6, 6.07) is 2.07. The molecule has 3 aliphatic rings. The Hall–Kier alpha value is -3.19. The van der Waals surface area contributed by atoms with Crippen molar-refractivity contribution in [2.75, 3.05) is 82.3 Å². The average Bonchev–Trinajstić information content (AvgIpc) is 3.02. The van der Waals surface area contributed by atoms with Crippen molar-refractivity contribution in [3.63, 3.8) is 0 Å². The molecule has 4 amide bonds. The molecule has 0 aromatic heterocycles. The lowest BCUT2D eigenvalue weighted by Crippen LogP contribution is -2.55. The maximum Gasteiger partial charge on any atom is 0.414 e. The van der Waals surface area contributed by atoms with Gasteiger partial charge in [0.05, 0.1) is 25.3 Å². The van der Waals surface area contributed by atoms with E-state index in [1.54, 1.807) is 9.80 Å². The summed E-state index contributed by atoms with van der Waals surface area (Å²) in [6.07, 6.45) is -1.35. The van der Waals surface area contributed by atoms with Gasteiger partial charge in [0.25, 0.3) is 0 Å². The molecule has 0 bridgehead atoms. The van der Waals surface area contributed by atoms with E-state index in [1.807, 2.05) is 7.05 Å². The smallest absolute Gasteiger partial charge is 0.414 e. The molecule has 0 saturated carbocycles. The van der Waals surface area contributed by atoms with E-state index >= 15 is 8.78 Å². The fourth-order valence-corrected chi connectivity index (χ4v) is 4.39. The molecule has 0 aliphatic carbocycles. The molecule has 1 atom stereocenters. The lowest BCUT2D eigenvalue weighted by Gasteiger charge is -2.35. The molecule has 192 valence electrons. The lowest BCUT2D eigenvalue weighted by atomic mass is 10.2. The summed E-state index contributed by atoms with van der Waals surface area (Å²) < 4.78 is 35.4. The number of ether oxygens (including phenoxy) is 1. The molecular weight excluding hydrogens is 464 g/mol. The number of piperazine rings is 1. The van der Waals surface area contributed by atoms with Crippen molar-refractivity contribution in [1.29, 1.82) is 0 Å². The normalized spacial score (nSPS) is 21.7. The van der Waals surface area contributed by atoms with Crippen molar-refractivity contribution in [2.45, 2.75) is 13.0 Å². The first-order chi connectivity index (χ1) is 16.7. The molecule has 0 spiro atoms. The number of cyclic esters (lactones) is 1. The fraction of sp³-hybridized carbons (Fsp3) is 0.591. The standard InChI is InChI=1S/C22H31F2N7O4/c1-15(32)25-13-17-14-30(22(34)35-17)16-11-18(23)20(19(24)12-16)28-4-3-26-31(10-9-28)21(33)29-7-5-27(2)6-8-29/h11-12,17,26H,3-10,13-14H2,1-2H3,(H,25,32). The van der Waals surface area contributed by atoms with E-state index in [0.717, 1.165) is 30.1 Å². The number of halogens is 2. The monoisotopic (exact) mass is 495 g/mol. The zero-order valence-corrected chi connectivity index (χ0v) is 19.9. The van der Waals surface area contributed by atoms with E-state index in [4.69, 9.17) is 4.74 Å².